The molecular formula is C18H27N3O3. The largest absolute Gasteiger partial charge is 0.508 e. The number of phenols is 1. The number of phenolic OH excluding ortho intramolecular Hbond substituents is 1. The van der Waals surface area contributed by atoms with Gasteiger partial charge in [0.15, 0.2) is 0 Å². The normalized spacial score (nSPS) is 17.7. The lowest BCUT2D eigenvalue weighted by Crippen LogP contribution is -2.50. The Kier molecular flexibility index (Phi) is 6.06. The molecule has 1 aromatic carbocycles. The van der Waals surface area contributed by atoms with Crippen molar-refractivity contribution < 1.29 is 14.7 Å². The Labute approximate surface area is 143 Å². The van der Waals surface area contributed by atoms with Gasteiger partial charge in [0, 0.05) is 38.3 Å². The van der Waals surface area contributed by atoms with Crippen molar-refractivity contribution in [2.75, 3.05) is 20.1 Å². The first-order chi connectivity index (χ1) is 11.4. The average molecular weight is 333 g/mol. The Morgan fingerprint density at radius 2 is 2.08 bits per heavy atom. The lowest BCUT2D eigenvalue weighted by atomic mass is 9.96. The summed E-state index contributed by atoms with van der Waals surface area (Å²) < 4.78 is 0. The second kappa shape index (κ2) is 8.04. The molecule has 0 aliphatic carbocycles. The highest BCUT2D eigenvalue weighted by atomic mass is 16.3. The van der Waals surface area contributed by atoms with Crippen molar-refractivity contribution in [3.05, 3.63) is 29.8 Å². The number of aromatic hydroxyl groups is 1. The standard InChI is InChI=1S/C18H27N3O3/c1-13(2)19-18(24)21-10-6-8-15(12-21)17(23)20(3)11-14-7-4-5-9-16(14)22/h4-5,7,9,13,15,22H,6,8,10-12H2,1-3H3,(H,19,24). The molecule has 0 bridgehead atoms. The van der Waals surface area contributed by atoms with Crippen LogP contribution in [-0.4, -0.2) is 53.0 Å². The fourth-order valence-electron chi connectivity index (χ4n) is 2.99. The van der Waals surface area contributed by atoms with Gasteiger partial charge in [-0.25, -0.2) is 4.79 Å². The Balaban J connectivity index is 1.96. The van der Waals surface area contributed by atoms with Crippen LogP contribution in [0.1, 0.15) is 32.3 Å². The molecule has 0 saturated carbocycles. The summed E-state index contributed by atoms with van der Waals surface area (Å²) in [6.07, 6.45) is 1.61. The van der Waals surface area contributed by atoms with Crippen LogP contribution in [0.25, 0.3) is 0 Å². The first kappa shape index (κ1) is 18.1. The highest BCUT2D eigenvalue weighted by molar-refractivity contribution is 5.81. The minimum Gasteiger partial charge on any atom is -0.508 e. The molecule has 0 spiro atoms. The van der Waals surface area contributed by atoms with Crippen LogP contribution in [0.2, 0.25) is 0 Å². The lowest BCUT2D eigenvalue weighted by molar-refractivity contribution is -0.136. The van der Waals surface area contributed by atoms with Crippen molar-refractivity contribution in [2.24, 2.45) is 5.92 Å². The molecule has 1 fully saturated rings. The number of urea groups is 1. The van der Waals surface area contributed by atoms with Gasteiger partial charge < -0.3 is 20.2 Å². The van der Waals surface area contributed by atoms with Gasteiger partial charge in [-0.1, -0.05) is 18.2 Å². The predicted octanol–water partition coefficient (Wildman–Crippen LogP) is 2.18. The number of amides is 3. The van der Waals surface area contributed by atoms with Crippen LogP contribution in [0.3, 0.4) is 0 Å². The number of hydrogen-bond acceptors (Lipinski definition) is 3. The van der Waals surface area contributed by atoms with Gasteiger partial charge >= 0.3 is 6.03 Å². The van der Waals surface area contributed by atoms with Crippen LogP contribution in [-0.2, 0) is 11.3 Å². The molecule has 2 rings (SSSR count). The van der Waals surface area contributed by atoms with E-state index in [-0.39, 0.29) is 29.6 Å². The first-order valence-corrected chi connectivity index (χ1v) is 8.45. The summed E-state index contributed by atoms with van der Waals surface area (Å²) in [6.45, 7) is 5.34. The molecule has 0 aromatic heterocycles. The second-order valence-electron chi connectivity index (χ2n) is 6.71. The van der Waals surface area contributed by atoms with Gasteiger partial charge in [0.2, 0.25) is 5.91 Å². The van der Waals surface area contributed by atoms with Crippen LogP contribution < -0.4 is 5.32 Å². The molecule has 6 heteroatoms. The number of nitrogens with one attached hydrogen (secondary N) is 1. The number of nitrogens with zero attached hydrogens (tertiary/aromatic N) is 2. The van der Waals surface area contributed by atoms with Crippen molar-refractivity contribution in [1.82, 2.24) is 15.1 Å². The van der Waals surface area contributed by atoms with Crippen LogP contribution >= 0.6 is 0 Å². The molecule has 132 valence electrons. The number of benzene rings is 1. The van der Waals surface area contributed by atoms with Gasteiger partial charge in [0.1, 0.15) is 5.75 Å². The SMILES string of the molecule is CC(C)NC(=O)N1CCCC(C(=O)N(C)Cc2ccccc2O)C1. The average Bonchev–Trinajstić information content (AvgIpc) is 2.55. The molecule has 3 amide bonds. The summed E-state index contributed by atoms with van der Waals surface area (Å²) in [5.74, 6) is 0.0200. The number of piperidine rings is 1. The number of carbonyl (C=O) groups excluding carboxylic acids is 2. The number of carbonyl (C=O) groups is 2. The summed E-state index contributed by atoms with van der Waals surface area (Å²) >= 11 is 0. The van der Waals surface area contributed by atoms with Gasteiger partial charge in [-0.15, -0.1) is 0 Å². The topological polar surface area (TPSA) is 72.9 Å². The summed E-state index contributed by atoms with van der Waals surface area (Å²) in [7, 11) is 1.74. The Hall–Kier alpha value is -2.24. The molecule has 1 saturated heterocycles. The molecule has 1 unspecified atom stereocenters. The predicted molar refractivity (Wildman–Crippen MR) is 92.5 cm³/mol. The summed E-state index contributed by atoms with van der Waals surface area (Å²) in [4.78, 5) is 28.2. The van der Waals surface area contributed by atoms with Gasteiger partial charge in [-0.3, -0.25) is 4.79 Å². The third kappa shape index (κ3) is 4.63. The van der Waals surface area contributed by atoms with Crippen LogP contribution in [0.15, 0.2) is 24.3 Å². The smallest absolute Gasteiger partial charge is 0.317 e. The van der Waals surface area contributed by atoms with Crippen LogP contribution in [0, 0.1) is 5.92 Å². The summed E-state index contributed by atoms with van der Waals surface area (Å²) in [6, 6.07) is 7.00. The lowest BCUT2D eigenvalue weighted by Gasteiger charge is -2.34. The molecule has 6 nitrogen and oxygen atoms in total. The van der Waals surface area contributed by atoms with E-state index >= 15 is 0 Å². The van der Waals surface area contributed by atoms with Crippen molar-refractivity contribution in [3.63, 3.8) is 0 Å². The number of rotatable bonds is 4. The third-order valence-corrected chi connectivity index (χ3v) is 4.25. The molecule has 1 aromatic rings. The molecule has 24 heavy (non-hydrogen) atoms. The van der Waals surface area contributed by atoms with Crippen molar-refractivity contribution >= 4 is 11.9 Å². The van der Waals surface area contributed by atoms with E-state index in [1.165, 1.54) is 0 Å². The zero-order valence-corrected chi connectivity index (χ0v) is 14.7. The number of likely N-dealkylation sites (tertiary alicyclic amines) is 1. The summed E-state index contributed by atoms with van der Waals surface area (Å²) in [5, 5.41) is 12.7. The van der Waals surface area contributed by atoms with E-state index in [4.69, 9.17) is 0 Å². The fourth-order valence-corrected chi connectivity index (χ4v) is 2.99. The van der Waals surface area contributed by atoms with Crippen molar-refractivity contribution in [2.45, 2.75) is 39.3 Å². The molecule has 2 N–H and O–H groups in total. The monoisotopic (exact) mass is 333 g/mol. The number of hydrogen-bond donors (Lipinski definition) is 2. The Bertz CT molecular complexity index is 589. The third-order valence-electron chi connectivity index (χ3n) is 4.25. The number of para-hydroxylation sites is 1. The Morgan fingerprint density at radius 3 is 2.75 bits per heavy atom. The molecule has 0 radical (unpaired) electrons. The van der Waals surface area contributed by atoms with Gasteiger partial charge in [-0.2, -0.15) is 0 Å². The van der Waals surface area contributed by atoms with Crippen LogP contribution in [0.4, 0.5) is 4.79 Å². The maximum Gasteiger partial charge on any atom is 0.317 e. The van der Waals surface area contributed by atoms with E-state index in [1.54, 1.807) is 29.0 Å². The fraction of sp³-hybridized carbons (Fsp3) is 0.556. The zero-order chi connectivity index (χ0) is 17.7. The van der Waals surface area contributed by atoms with Crippen molar-refractivity contribution in [3.8, 4) is 5.75 Å². The summed E-state index contributed by atoms with van der Waals surface area (Å²) in [5.41, 5.74) is 0.721. The van der Waals surface area contributed by atoms with Gasteiger partial charge in [-0.05, 0) is 32.8 Å². The van der Waals surface area contributed by atoms with Gasteiger partial charge in [0.25, 0.3) is 0 Å². The highest BCUT2D eigenvalue weighted by Gasteiger charge is 2.30. The minimum absolute atomic E-state index is 0.0142. The van der Waals surface area contributed by atoms with Gasteiger partial charge in [0.05, 0.1) is 5.92 Å². The van der Waals surface area contributed by atoms with E-state index in [9.17, 15) is 14.7 Å². The second-order valence-corrected chi connectivity index (χ2v) is 6.71. The highest BCUT2D eigenvalue weighted by Crippen LogP contribution is 2.22. The molecule has 1 aliphatic heterocycles. The van der Waals surface area contributed by atoms with Crippen molar-refractivity contribution in [1.29, 1.82) is 0 Å². The Morgan fingerprint density at radius 1 is 1.38 bits per heavy atom. The maximum absolute atomic E-state index is 12.7. The first-order valence-electron chi connectivity index (χ1n) is 8.45. The zero-order valence-electron chi connectivity index (χ0n) is 14.7. The van der Waals surface area contributed by atoms with E-state index in [1.807, 2.05) is 26.0 Å². The maximum atomic E-state index is 12.7. The van der Waals surface area contributed by atoms with E-state index < -0.39 is 0 Å². The van der Waals surface area contributed by atoms with E-state index in [0.29, 0.717) is 19.6 Å². The van der Waals surface area contributed by atoms with E-state index in [0.717, 1.165) is 18.4 Å². The quantitative estimate of drug-likeness (QED) is 0.887. The van der Waals surface area contributed by atoms with Crippen LogP contribution in [0.5, 0.6) is 5.75 Å². The minimum atomic E-state index is -0.187. The van der Waals surface area contributed by atoms with E-state index in [2.05, 4.69) is 5.32 Å². The molecular weight excluding hydrogens is 306 g/mol. The molecule has 1 atom stereocenters. The molecule has 1 heterocycles. The molecule has 1 aliphatic rings.